The Kier molecular flexibility index (Phi) is 7.72. The summed E-state index contributed by atoms with van der Waals surface area (Å²) < 4.78 is 5.51. The van der Waals surface area contributed by atoms with Gasteiger partial charge in [-0.05, 0) is 43.7 Å². The van der Waals surface area contributed by atoms with Crippen LogP contribution in [0.2, 0.25) is 0 Å². The number of halogens is 1. The minimum atomic E-state index is -0.0273. The van der Waals surface area contributed by atoms with Gasteiger partial charge in [-0.1, -0.05) is 18.2 Å². The van der Waals surface area contributed by atoms with E-state index in [0.29, 0.717) is 44.1 Å². The lowest BCUT2D eigenvalue weighted by molar-refractivity contribution is -0.137. The molecule has 3 rings (SSSR count). The summed E-state index contributed by atoms with van der Waals surface area (Å²) in [6.45, 7) is 1.75. The molecular formula is C19H28ClN3O3. The second-order valence-corrected chi connectivity index (χ2v) is 6.95. The fraction of sp³-hybridized carbons (Fsp3) is 0.579. The van der Waals surface area contributed by atoms with Crippen LogP contribution in [0.1, 0.15) is 25.7 Å². The highest BCUT2D eigenvalue weighted by molar-refractivity contribution is 5.85. The van der Waals surface area contributed by atoms with Crippen molar-refractivity contribution in [2.24, 2.45) is 17.6 Å². The van der Waals surface area contributed by atoms with Crippen LogP contribution in [-0.2, 0) is 9.59 Å². The third kappa shape index (κ3) is 5.61. The van der Waals surface area contributed by atoms with Crippen molar-refractivity contribution in [1.82, 2.24) is 10.2 Å². The van der Waals surface area contributed by atoms with Gasteiger partial charge in [-0.15, -0.1) is 12.4 Å². The van der Waals surface area contributed by atoms with E-state index in [1.807, 2.05) is 30.3 Å². The number of ether oxygens (including phenoxy) is 1. The highest BCUT2D eigenvalue weighted by atomic mass is 35.5. The lowest BCUT2D eigenvalue weighted by Crippen LogP contribution is -2.48. The van der Waals surface area contributed by atoms with Gasteiger partial charge in [0.25, 0.3) is 5.91 Å². The molecule has 0 aromatic heterocycles. The minimum Gasteiger partial charge on any atom is -0.484 e. The molecule has 6 nitrogen and oxygen atoms in total. The van der Waals surface area contributed by atoms with Gasteiger partial charge in [0.05, 0.1) is 0 Å². The number of hydrogen-bond acceptors (Lipinski definition) is 4. The first-order valence-electron chi connectivity index (χ1n) is 9.13. The quantitative estimate of drug-likeness (QED) is 0.751. The number of hydrogen-bond donors (Lipinski definition) is 2. The number of rotatable bonds is 7. The lowest BCUT2D eigenvalue weighted by atomic mass is 9.95. The van der Waals surface area contributed by atoms with Crippen molar-refractivity contribution in [3.05, 3.63) is 30.3 Å². The monoisotopic (exact) mass is 381 g/mol. The van der Waals surface area contributed by atoms with Gasteiger partial charge >= 0.3 is 0 Å². The number of nitrogens with one attached hydrogen (secondary N) is 1. The van der Waals surface area contributed by atoms with E-state index in [4.69, 9.17) is 10.5 Å². The summed E-state index contributed by atoms with van der Waals surface area (Å²) in [6.07, 6.45) is 3.72. The molecule has 1 saturated heterocycles. The summed E-state index contributed by atoms with van der Waals surface area (Å²) in [5.74, 6) is 1.30. The maximum Gasteiger partial charge on any atom is 0.260 e. The number of carbonyl (C=O) groups excluding carboxylic acids is 2. The Morgan fingerprint density at radius 3 is 2.38 bits per heavy atom. The first-order chi connectivity index (χ1) is 12.2. The van der Waals surface area contributed by atoms with Gasteiger partial charge in [0, 0.05) is 31.6 Å². The molecule has 0 spiro atoms. The molecule has 7 heteroatoms. The summed E-state index contributed by atoms with van der Waals surface area (Å²) in [5, 5.41) is 3.10. The molecule has 1 aliphatic carbocycles. The average Bonchev–Trinajstić information content (AvgIpc) is 3.50. The summed E-state index contributed by atoms with van der Waals surface area (Å²) in [5.41, 5.74) is 5.75. The largest absolute Gasteiger partial charge is 0.484 e. The maximum absolute atomic E-state index is 12.4. The van der Waals surface area contributed by atoms with Crippen LogP contribution >= 0.6 is 12.4 Å². The third-order valence-electron chi connectivity index (χ3n) is 5.10. The van der Waals surface area contributed by atoms with E-state index in [-0.39, 0.29) is 42.8 Å². The van der Waals surface area contributed by atoms with Crippen molar-refractivity contribution in [2.45, 2.75) is 31.7 Å². The van der Waals surface area contributed by atoms with E-state index in [9.17, 15) is 9.59 Å². The van der Waals surface area contributed by atoms with Crippen molar-refractivity contribution in [3.63, 3.8) is 0 Å². The molecule has 2 amide bonds. The smallest absolute Gasteiger partial charge is 0.260 e. The van der Waals surface area contributed by atoms with Crippen LogP contribution in [0.3, 0.4) is 0 Å². The highest BCUT2D eigenvalue weighted by Crippen LogP contribution is 2.32. The topological polar surface area (TPSA) is 84.7 Å². The Labute approximate surface area is 160 Å². The van der Waals surface area contributed by atoms with Crippen molar-refractivity contribution < 1.29 is 14.3 Å². The molecule has 1 heterocycles. The van der Waals surface area contributed by atoms with Gasteiger partial charge in [-0.25, -0.2) is 0 Å². The number of amides is 2. The summed E-state index contributed by atoms with van der Waals surface area (Å²) in [6, 6.07) is 9.43. The summed E-state index contributed by atoms with van der Waals surface area (Å²) >= 11 is 0. The summed E-state index contributed by atoms with van der Waals surface area (Å²) in [4.78, 5) is 26.4. The molecular weight excluding hydrogens is 354 g/mol. The normalized spacial score (nSPS) is 18.6. The zero-order chi connectivity index (χ0) is 17.6. The van der Waals surface area contributed by atoms with E-state index in [2.05, 4.69) is 5.32 Å². The van der Waals surface area contributed by atoms with E-state index >= 15 is 0 Å². The zero-order valence-electron chi connectivity index (χ0n) is 14.9. The number of carbonyl (C=O) groups is 2. The van der Waals surface area contributed by atoms with Gasteiger partial charge in [0.2, 0.25) is 5.91 Å². The highest BCUT2D eigenvalue weighted by Gasteiger charge is 2.34. The molecule has 1 unspecified atom stereocenters. The molecule has 1 aromatic carbocycles. The standard InChI is InChI=1S/C19H27N3O3.ClH/c20-12-17(14-6-7-14)21-19(24)15-8-10-22(11-9-15)18(23)13-25-16-4-2-1-3-5-16;/h1-5,14-15,17H,6-13,20H2,(H,21,24);1H. The minimum absolute atomic E-state index is 0. The van der Waals surface area contributed by atoms with Gasteiger partial charge < -0.3 is 20.7 Å². The molecule has 3 N–H and O–H groups in total. The summed E-state index contributed by atoms with van der Waals surface area (Å²) in [7, 11) is 0. The number of piperidine rings is 1. The average molecular weight is 382 g/mol. The first kappa shape index (κ1) is 20.5. The van der Waals surface area contributed by atoms with Crippen molar-refractivity contribution in [3.8, 4) is 5.75 Å². The van der Waals surface area contributed by atoms with E-state index in [0.717, 1.165) is 12.8 Å². The number of benzene rings is 1. The number of para-hydroxylation sites is 1. The lowest BCUT2D eigenvalue weighted by Gasteiger charge is -2.32. The fourth-order valence-electron chi connectivity index (χ4n) is 3.31. The Balaban J connectivity index is 0.00000243. The van der Waals surface area contributed by atoms with Gasteiger partial charge in [-0.2, -0.15) is 0 Å². The van der Waals surface area contributed by atoms with E-state index in [1.165, 1.54) is 0 Å². The SMILES string of the molecule is Cl.NCC(NC(=O)C1CCN(C(=O)COc2ccccc2)CC1)C1CC1. The number of nitrogens with two attached hydrogens (primary N) is 1. The third-order valence-corrected chi connectivity index (χ3v) is 5.10. The predicted octanol–water partition coefficient (Wildman–Crippen LogP) is 1.58. The molecule has 1 saturated carbocycles. The van der Waals surface area contributed by atoms with Crippen LogP contribution in [0.4, 0.5) is 0 Å². The molecule has 1 atom stereocenters. The van der Waals surface area contributed by atoms with Crippen LogP contribution in [0.15, 0.2) is 30.3 Å². The van der Waals surface area contributed by atoms with Gasteiger partial charge in [0.15, 0.2) is 6.61 Å². The van der Waals surface area contributed by atoms with Gasteiger partial charge in [-0.3, -0.25) is 9.59 Å². The molecule has 0 radical (unpaired) electrons. The predicted molar refractivity (Wildman–Crippen MR) is 102 cm³/mol. The van der Waals surface area contributed by atoms with Crippen molar-refractivity contribution in [1.29, 1.82) is 0 Å². The maximum atomic E-state index is 12.4. The molecule has 2 aliphatic rings. The van der Waals surface area contributed by atoms with Crippen molar-refractivity contribution in [2.75, 3.05) is 26.2 Å². The second kappa shape index (κ2) is 9.78. The molecule has 0 bridgehead atoms. The van der Waals surface area contributed by atoms with Crippen LogP contribution in [-0.4, -0.2) is 49.0 Å². The van der Waals surface area contributed by atoms with Crippen LogP contribution < -0.4 is 15.8 Å². The molecule has 1 aromatic rings. The Hall–Kier alpha value is -1.79. The van der Waals surface area contributed by atoms with Crippen LogP contribution in [0.25, 0.3) is 0 Å². The Morgan fingerprint density at radius 2 is 1.81 bits per heavy atom. The Morgan fingerprint density at radius 1 is 1.15 bits per heavy atom. The molecule has 144 valence electrons. The van der Waals surface area contributed by atoms with Gasteiger partial charge in [0.1, 0.15) is 5.75 Å². The van der Waals surface area contributed by atoms with Crippen LogP contribution in [0, 0.1) is 11.8 Å². The second-order valence-electron chi connectivity index (χ2n) is 6.95. The molecule has 1 aliphatic heterocycles. The number of likely N-dealkylation sites (tertiary alicyclic amines) is 1. The zero-order valence-corrected chi connectivity index (χ0v) is 15.7. The van der Waals surface area contributed by atoms with E-state index < -0.39 is 0 Å². The van der Waals surface area contributed by atoms with Crippen LogP contribution in [0.5, 0.6) is 5.75 Å². The molecule has 2 fully saturated rings. The Bertz CT molecular complexity index is 587. The van der Waals surface area contributed by atoms with E-state index in [1.54, 1.807) is 4.90 Å². The fourth-order valence-corrected chi connectivity index (χ4v) is 3.31. The first-order valence-corrected chi connectivity index (χ1v) is 9.13. The molecule has 26 heavy (non-hydrogen) atoms. The number of nitrogens with zero attached hydrogens (tertiary/aromatic N) is 1. The van der Waals surface area contributed by atoms with Crippen molar-refractivity contribution >= 4 is 24.2 Å².